The van der Waals surface area contributed by atoms with Gasteiger partial charge in [-0.2, -0.15) is 13.2 Å². The molecule has 8 heteroatoms. The summed E-state index contributed by atoms with van der Waals surface area (Å²) in [6.07, 6.45) is -2.18. The summed E-state index contributed by atoms with van der Waals surface area (Å²) < 4.78 is 39.2. The zero-order chi connectivity index (χ0) is 20.1. The molecule has 1 aromatic heterocycles. The molecule has 0 radical (unpaired) electrons. The molecule has 1 aliphatic rings. The molecule has 1 saturated heterocycles. The quantitative estimate of drug-likeness (QED) is 0.871. The lowest BCUT2D eigenvalue weighted by Gasteiger charge is -2.33. The monoisotopic (exact) mass is 391 g/mol. The third-order valence-electron chi connectivity index (χ3n) is 4.63. The van der Waals surface area contributed by atoms with Crippen molar-refractivity contribution in [1.29, 1.82) is 0 Å². The molecule has 0 bridgehead atoms. The maximum Gasteiger partial charge on any atom is 0.434 e. The lowest BCUT2D eigenvalue weighted by atomic mass is 10.0. The van der Waals surface area contributed by atoms with Crippen molar-refractivity contribution in [2.75, 3.05) is 13.1 Å². The van der Waals surface area contributed by atoms with E-state index in [1.54, 1.807) is 4.90 Å². The van der Waals surface area contributed by atoms with E-state index in [2.05, 4.69) is 10.3 Å². The van der Waals surface area contributed by atoms with Crippen LogP contribution in [-0.4, -0.2) is 40.8 Å². The molecule has 2 heterocycles. The van der Waals surface area contributed by atoms with Gasteiger partial charge in [0.1, 0.15) is 0 Å². The van der Waals surface area contributed by atoms with E-state index < -0.39 is 29.4 Å². The Bertz CT molecular complexity index is 840. The fourth-order valence-corrected chi connectivity index (χ4v) is 3.28. The Labute approximate surface area is 160 Å². The first-order valence-corrected chi connectivity index (χ1v) is 8.99. The predicted molar refractivity (Wildman–Crippen MR) is 96.5 cm³/mol. The van der Waals surface area contributed by atoms with E-state index in [-0.39, 0.29) is 18.9 Å². The molecule has 0 unspecified atom stereocenters. The Morgan fingerprint density at radius 1 is 1.14 bits per heavy atom. The number of piperidine rings is 1. The maximum atomic E-state index is 13.1. The smallest absolute Gasteiger partial charge is 0.347 e. The van der Waals surface area contributed by atoms with Crippen LogP contribution >= 0.6 is 0 Å². The first kappa shape index (κ1) is 19.9. The number of carbonyl (C=O) groups is 2. The van der Waals surface area contributed by atoms with Crippen LogP contribution in [0.25, 0.3) is 0 Å². The summed E-state index contributed by atoms with van der Waals surface area (Å²) in [6.45, 7) is 0.845. The van der Waals surface area contributed by atoms with Gasteiger partial charge in [0.25, 0.3) is 5.91 Å². The molecule has 1 aromatic carbocycles. The van der Waals surface area contributed by atoms with Gasteiger partial charge in [-0.15, -0.1) is 0 Å². The number of hydrogen-bond acceptors (Lipinski definition) is 3. The van der Waals surface area contributed by atoms with Gasteiger partial charge in [-0.05, 0) is 30.5 Å². The van der Waals surface area contributed by atoms with E-state index in [4.69, 9.17) is 0 Å². The summed E-state index contributed by atoms with van der Waals surface area (Å²) in [7, 11) is 0. The number of rotatable bonds is 4. The average Bonchev–Trinajstić information content (AvgIpc) is 2.68. The fraction of sp³-hybridized carbons (Fsp3) is 0.350. The topological polar surface area (TPSA) is 62.3 Å². The van der Waals surface area contributed by atoms with Crippen molar-refractivity contribution < 1.29 is 22.8 Å². The highest BCUT2D eigenvalue weighted by Gasteiger charge is 2.37. The van der Waals surface area contributed by atoms with Gasteiger partial charge in [-0.25, -0.2) is 0 Å². The Kier molecular flexibility index (Phi) is 5.96. The lowest BCUT2D eigenvalue weighted by molar-refractivity contribution is -0.141. The van der Waals surface area contributed by atoms with Gasteiger partial charge in [0, 0.05) is 25.3 Å². The highest BCUT2D eigenvalue weighted by Crippen LogP contribution is 2.30. The van der Waals surface area contributed by atoms with E-state index in [0.29, 0.717) is 19.4 Å². The molecule has 0 aliphatic carbocycles. The first-order valence-electron chi connectivity index (χ1n) is 8.99. The standard InChI is InChI=1S/C20H20F3N3O2/c21-20(22,23)18-16(9-4-10-24-18)19(28)25-15-8-5-11-26(13-15)17(27)12-14-6-2-1-3-7-14/h1-4,6-7,9-10,15H,5,8,11-13H2,(H,25,28)/t15-/m0/s1. The number of aromatic nitrogens is 1. The second-order valence-electron chi connectivity index (χ2n) is 6.71. The number of halogens is 3. The van der Waals surface area contributed by atoms with Crippen LogP contribution in [0.1, 0.15) is 34.5 Å². The number of pyridine rings is 1. The van der Waals surface area contributed by atoms with Crippen molar-refractivity contribution >= 4 is 11.8 Å². The third kappa shape index (κ3) is 4.88. The molecule has 1 fully saturated rings. The summed E-state index contributed by atoms with van der Waals surface area (Å²) in [5.74, 6) is -0.898. The van der Waals surface area contributed by atoms with Gasteiger partial charge in [-0.3, -0.25) is 14.6 Å². The molecule has 2 aromatic rings. The normalized spacial score (nSPS) is 17.2. The van der Waals surface area contributed by atoms with Crippen molar-refractivity contribution in [3.63, 3.8) is 0 Å². The number of amides is 2. The van der Waals surface area contributed by atoms with Crippen LogP contribution in [-0.2, 0) is 17.4 Å². The Balaban J connectivity index is 1.64. The molecular formula is C20H20F3N3O2. The van der Waals surface area contributed by atoms with Crippen molar-refractivity contribution in [1.82, 2.24) is 15.2 Å². The van der Waals surface area contributed by atoms with Gasteiger partial charge >= 0.3 is 6.18 Å². The molecule has 28 heavy (non-hydrogen) atoms. The van der Waals surface area contributed by atoms with Gasteiger partial charge in [0.05, 0.1) is 12.0 Å². The summed E-state index contributed by atoms with van der Waals surface area (Å²) in [5, 5.41) is 2.62. The molecule has 148 valence electrons. The van der Waals surface area contributed by atoms with Crippen LogP contribution < -0.4 is 5.32 Å². The molecular weight excluding hydrogens is 371 g/mol. The SMILES string of the molecule is O=C(N[C@H]1CCCN(C(=O)Cc2ccccc2)C1)c1cccnc1C(F)(F)F. The van der Waals surface area contributed by atoms with E-state index in [1.165, 1.54) is 6.07 Å². The van der Waals surface area contributed by atoms with Crippen LogP contribution in [0.3, 0.4) is 0 Å². The van der Waals surface area contributed by atoms with Crippen LogP contribution in [0.2, 0.25) is 0 Å². The Morgan fingerprint density at radius 3 is 2.61 bits per heavy atom. The van der Waals surface area contributed by atoms with Crippen LogP contribution in [0.5, 0.6) is 0 Å². The van der Waals surface area contributed by atoms with E-state index in [0.717, 1.165) is 17.8 Å². The van der Waals surface area contributed by atoms with Gasteiger partial charge < -0.3 is 10.2 Å². The minimum Gasteiger partial charge on any atom is -0.347 e. The first-order chi connectivity index (χ1) is 13.3. The number of carbonyl (C=O) groups excluding carboxylic acids is 2. The molecule has 0 saturated carbocycles. The average molecular weight is 391 g/mol. The van der Waals surface area contributed by atoms with Crippen molar-refractivity contribution in [2.45, 2.75) is 31.5 Å². The zero-order valence-electron chi connectivity index (χ0n) is 15.1. The number of benzene rings is 1. The molecule has 1 atom stereocenters. The highest BCUT2D eigenvalue weighted by molar-refractivity contribution is 5.95. The number of alkyl halides is 3. The maximum absolute atomic E-state index is 13.1. The number of nitrogens with one attached hydrogen (secondary N) is 1. The fourth-order valence-electron chi connectivity index (χ4n) is 3.28. The second-order valence-corrected chi connectivity index (χ2v) is 6.71. The Hall–Kier alpha value is -2.90. The summed E-state index contributed by atoms with van der Waals surface area (Å²) >= 11 is 0. The van der Waals surface area contributed by atoms with Crippen LogP contribution in [0.15, 0.2) is 48.7 Å². The molecule has 3 rings (SSSR count). The van der Waals surface area contributed by atoms with Crippen LogP contribution in [0, 0.1) is 0 Å². The minimum atomic E-state index is -4.71. The molecule has 1 aliphatic heterocycles. The highest BCUT2D eigenvalue weighted by atomic mass is 19.4. The number of likely N-dealkylation sites (tertiary alicyclic amines) is 1. The van der Waals surface area contributed by atoms with E-state index in [1.807, 2.05) is 30.3 Å². The third-order valence-corrected chi connectivity index (χ3v) is 4.63. The van der Waals surface area contributed by atoms with Crippen molar-refractivity contribution in [3.8, 4) is 0 Å². The second kappa shape index (κ2) is 8.41. The molecule has 1 N–H and O–H groups in total. The summed E-state index contributed by atoms with van der Waals surface area (Å²) in [5.41, 5.74) is -0.827. The van der Waals surface area contributed by atoms with Gasteiger partial charge in [-0.1, -0.05) is 30.3 Å². The van der Waals surface area contributed by atoms with Crippen molar-refractivity contribution in [3.05, 3.63) is 65.5 Å². The lowest BCUT2D eigenvalue weighted by Crippen LogP contribution is -2.50. The molecule has 5 nitrogen and oxygen atoms in total. The largest absolute Gasteiger partial charge is 0.434 e. The molecule has 0 spiro atoms. The molecule has 2 amide bonds. The predicted octanol–water partition coefficient (Wildman–Crippen LogP) is 3.06. The summed E-state index contributed by atoms with van der Waals surface area (Å²) in [4.78, 5) is 29.9. The van der Waals surface area contributed by atoms with Gasteiger partial charge in [0.15, 0.2) is 5.69 Å². The minimum absolute atomic E-state index is 0.0671. The number of hydrogen-bond donors (Lipinski definition) is 1. The number of nitrogens with zero attached hydrogens (tertiary/aromatic N) is 2. The summed E-state index contributed by atoms with van der Waals surface area (Å²) in [6, 6.07) is 11.3. The van der Waals surface area contributed by atoms with Crippen molar-refractivity contribution in [2.24, 2.45) is 0 Å². The van der Waals surface area contributed by atoms with Gasteiger partial charge in [0.2, 0.25) is 5.91 Å². The van der Waals surface area contributed by atoms with E-state index in [9.17, 15) is 22.8 Å². The van der Waals surface area contributed by atoms with Crippen LogP contribution in [0.4, 0.5) is 13.2 Å². The zero-order valence-corrected chi connectivity index (χ0v) is 15.1. The van der Waals surface area contributed by atoms with E-state index >= 15 is 0 Å². The Morgan fingerprint density at radius 2 is 1.89 bits per heavy atom.